The molecule has 0 radical (unpaired) electrons. The fourth-order valence-corrected chi connectivity index (χ4v) is 1.28. The average Bonchev–Trinajstić information content (AvgIpc) is 2.30. The highest BCUT2D eigenvalue weighted by molar-refractivity contribution is 5.89. The van der Waals surface area contributed by atoms with Crippen LogP contribution in [0.1, 0.15) is 16.2 Å². The first-order chi connectivity index (χ1) is 7.66. The van der Waals surface area contributed by atoms with Crippen LogP contribution in [0.25, 0.3) is 11.3 Å². The second-order valence-electron chi connectivity index (χ2n) is 3.28. The van der Waals surface area contributed by atoms with E-state index < -0.39 is 5.97 Å². The number of nitrogens with zero attached hydrogens (tertiary/aromatic N) is 3. The number of hydrogen-bond donors (Lipinski definition) is 1. The first-order valence-corrected chi connectivity index (χ1v) is 4.67. The SMILES string of the molecule is Cc1ncc(-c2cccc(C(=O)O)c2)nn1. The van der Waals surface area contributed by atoms with Crippen molar-refractivity contribution in [2.24, 2.45) is 0 Å². The topological polar surface area (TPSA) is 76.0 Å². The summed E-state index contributed by atoms with van der Waals surface area (Å²) in [5, 5.41) is 16.6. The quantitative estimate of drug-likeness (QED) is 0.822. The number of hydrogen-bond acceptors (Lipinski definition) is 4. The number of carboxylic acids is 1. The molecule has 5 nitrogen and oxygen atoms in total. The van der Waals surface area contributed by atoms with Gasteiger partial charge in [0.25, 0.3) is 0 Å². The van der Waals surface area contributed by atoms with Crippen LogP contribution in [0.4, 0.5) is 0 Å². The van der Waals surface area contributed by atoms with Crippen molar-refractivity contribution in [1.29, 1.82) is 0 Å². The molecule has 16 heavy (non-hydrogen) atoms. The summed E-state index contributed by atoms with van der Waals surface area (Å²) in [5.41, 5.74) is 1.48. The van der Waals surface area contributed by atoms with E-state index in [0.29, 0.717) is 17.1 Å². The first kappa shape index (κ1) is 10.2. The molecule has 1 aromatic carbocycles. The predicted molar refractivity (Wildman–Crippen MR) is 57.0 cm³/mol. The lowest BCUT2D eigenvalue weighted by molar-refractivity contribution is 0.0697. The predicted octanol–water partition coefficient (Wildman–Crippen LogP) is 1.55. The van der Waals surface area contributed by atoms with Gasteiger partial charge in [-0.3, -0.25) is 0 Å². The fourth-order valence-electron chi connectivity index (χ4n) is 1.28. The van der Waals surface area contributed by atoms with Gasteiger partial charge in [-0.2, -0.15) is 0 Å². The Hall–Kier alpha value is -2.30. The summed E-state index contributed by atoms with van der Waals surface area (Å²) < 4.78 is 0. The minimum Gasteiger partial charge on any atom is -0.478 e. The van der Waals surface area contributed by atoms with Crippen molar-refractivity contribution >= 4 is 5.97 Å². The molecular formula is C11H9N3O2. The summed E-state index contributed by atoms with van der Waals surface area (Å²) in [6, 6.07) is 6.51. The molecule has 5 heteroatoms. The third kappa shape index (κ3) is 2.03. The molecule has 1 heterocycles. The van der Waals surface area contributed by atoms with Crippen molar-refractivity contribution < 1.29 is 9.90 Å². The molecule has 1 aromatic heterocycles. The molecule has 0 spiro atoms. The Bertz CT molecular complexity index is 523. The molecule has 0 atom stereocenters. The van der Waals surface area contributed by atoms with Gasteiger partial charge in [0, 0.05) is 5.56 Å². The summed E-state index contributed by atoms with van der Waals surface area (Å²) >= 11 is 0. The molecule has 0 saturated carbocycles. The highest BCUT2D eigenvalue weighted by Gasteiger charge is 2.06. The van der Waals surface area contributed by atoms with E-state index in [1.54, 1.807) is 31.3 Å². The molecule has 0 saturated heterocycles. The summed E-state index contributed by atoms with van der Waals surface area (Å²) in [6.45, 7) is 1.74. The van der Waals surface area contributed by atoms with Crippen molar-refractivity contribution in [3.63, 3.8) is 0 Å². The minimum atomic E-state index is -0.963. The van der Waals surface area contributed by atoms with Gasteiger partial charge < -0.3 is 5.11 Å². The molecule has 1 N–H and O–H groups in total. The Morgan fingerprint density at radius 3 is 2.75 bits per heavy atom. The van der Waals surface area contributed by atoms with E-state index in [-0.39, 0.29) is 5.56 Å². The summed E-state index contributed by atoms with van der Waals surface area (Å²) in [7, 11) is 0. The molecule has 0 aliphatic rings. The summed E-state index contributed by atoms with van der Waals surface area (Å²) in [5.74, 6) is -0.381. The maximum atomic E-state index is 10.8. The van der Waals surface area contributed by atoms with E-state index in [1.165, 1.54) is 6.07 Å². The van der Waals surface area contributed by atoms with Crippen molar-refractivity contribution in [2.45, 2.75) is 6.92 Å². The van der Waals surface area contributed by atoms with E-state index in [9.17, 15) is 4.79 Å². The number of carboxylic acid groups (broad SMARTS) is 1. The number of aromatic carboxylic acids is 1. The zero-order valence-electron chi connectivity index (χ0n) is 8.58. The Balaban J connectivity index is 2.44. The standard InChI is InChI=1S/C11H9N3O2/c1-7-12-6-10(14-13-7)8-3-2-4-9(5-8)11(15)16/h2-6H,1H3,(H,15,16). The Kier molecular flexibility index (Phi) is 2.59. The van der Waals surface area contributed by atoms with Crippen LogP contribution in [-0.2, 0) is 0 Å². The molecule has 0 aliphatic carbocycles. The maximum Gasteiger partial charge on any atom is 0.335 e. The smallest absolute Gasteiger partial charge is 0.335 e. The molecule has 0 fully saturated rings. The number of benzene rings is 1. The second kappa shape index (κ2) is 4.06. The molecule has 0 aliphatic heterocycles. The lowest BCUT2D eigenvalue weighted by Gasteiger charge is -2.00. The van der Waals surface area contributed by atoms with Crippen LogP contribution in [0.3, 0.4) is 0 Å². The van der Waals surface area contributed by atoms with Crippen LogP contribution >= 0.6 is 0 Å². The highest BCUT2D eigenvalue weighted by atomic mass is 16.4. The molecule has 2 aromatic rings. The van der Waals surface area contributed by atoms with Gasteiger partial charge in [0.05, 0.1) is 11.8 Å². The zero-order chi connectivity index (χ0) is 11.5. The van der Waals surface area contributed by atoms with Gasteiger partial charge in [0.2, 0.25) is 0 Å². The van der Waals surface area contributed by atoms with Gasteiger partial charge in [-0.05, 0) is 19.1 Å². The van der Waals surface area contributed by atoms with Crippen LogP contribution < -0.4 is 0 Å². The van der Waals surface area contributed by atoms with Crippen LogP contribution in [0, 0.1) is 6.92 Å². The molecule has 2 rings (SSSR count). The van der Waals surface area contributed by atoms with E-state index in [0.717, 1.165) is 0 Å². The summed E-state index contributed by atoms with van der Waals surface area (Å²) in [4.78, 5) is 14.8. The van der Waals surface area contributed by atoms with Crippen LogP contribution in [0.5, 0.6) is 0 Å². The lowest BCUT2D eigenvalue weighted by Crippen LogP contribution is -1.97. The molecule has 0 amide bonds. The van der Waals surface area contributed by atoms with Gasteiger partial charge in [0.15, 0.2) is 0 Å². The van der Waals surface area contributed by atoms with Gasteiger partial charge in [0.1, 0.15) is 11.5 Å². The molecule has 0 bridgehead atoms. The average molecular weight is 215 g/mol. The van der Waals surface area contributed by atoms with Gasteiger partial charge in [-0.25, -0.2) is 9.78 Å². The van der Waals surface area contributed by atoms with E-state index >= 15 is 0 Å². The van der Waals surface area contributed by atoms with Crippen molar-refractivity contribution in [3.8, 4) is 11.3 Å². The fraction of sp³-hybridized carbons (Fsp3) is 0.0909. The zero-order valence-corrected chi connectivity index (χ0v) is 8.58. The summed E-state index contributed by atoms with van der Waals surface area (Å²) in [6.07, 6.45) is 1.57. The Morgan fingerprint density at radius 2 is 2.12 bits per heavy atom. The third-order valence-corrected chi connectivity index (χ3v) is 2.08. The van der Waals surface area contributed by atoms with Crippen molar-refractivity contribution in [2.75, 3.05) is 0 Å². The van der Waals surface area contributed by atoms with Crippen LogP contribution in [-0.4, -0.2) is 26.3 Å². The number of aryl methyl sites for hydroxylation is 1. The number of carbonyl (C=O) groups is 1. The van der Waals surface area contributed by atoms with E-state index in [2.05, 4.69) is 15.2 Å². The van der Waals surface area contributed by atoms with Crippen LogP contribution in [0.2, 0.25) is 0 Å². The molecule has 80 valence electrons. The minimum absolute atomic E-state index is 0.222. The Labute approximate surface area is 91.8 Å². The van der Waals surface area contributed by atoms with Crippen LogP contribution in [0.15, 0.2) is 30.5 Å². The van der Waals surface area contributed by atoms with E-state index in [4.69, 9.17) is 5.11 Å². The number of aromatic nitrogens is 3. The van der Waals surface area contributed by atoms with Crippen molar-refractivity contribution in [3.05, 3.63) is 41.9 Å². The Morgan fingerprint density at radius 1 is 1.31 bits per heavy atom. The van der Waals surface area contributed by atoms with Gasteiger partial charge >= 0.3 is 5.97 Å². The monoisotopic (exact) mass is 215 g/mol. The third-order valence-electron chi connectivity index (χ3n) is 2.08. The van der Waals surface area contributed by atoms with Crippen molar-refractivity contribution in [1.82, 2.24) is 15.2 Å². The number of rotatable bonds is 2. The first-order valence-electron chi connectivity index (χ1n) is 4.67. The van der Waals surface area contributed by atoms with E-state index in [1.807, 2.05) is 0 Å². The molecule has 0 unspecified atom stereocenters. The second-order valence-corrected chi connectivity index (χ2v) is 3.28. The largest absolute Gasteiger partial charge is 0.478 e. The normalized spacial score (nSPS) is 10.1. The molecular weight excluding hydrogens is 206 g/mol. The van der Waals surface area contributed by atoms with Gasteiger partial charge in [-0.15, -0.1) is 10.2 Å². The lowest BCUT2D eigenvalue weighted by atomic mass is 10.1. The maximum absolute atomic E-state index is 10.8. The van der Waals surface area contributed by atoms with Gasteiger partial charge in [-0.1, -0.05) is 12.1 Å². The highest BCUT2D eigenvalue weighted by Crippen LogP contribution is 2.16.